The van der Waals surface area contributed by atoms with Gasteiger partial charge < -0.3 is 15.3 Å². The van der Waals surface area contributed by atoms with Gasteiger partial charge in [-0.2, -0.15) is 0 Å². The molecular formula is C9H14O3. The number of aliphatic hydroxyl groups excluding tert-OH is 3. The van der Waals surface area contributed by atoms with Crippen LogP contribution in [0.25, 0.3) is 0 Å². The molecule has 12 heavy (non-hydrogen) atoms. The highest BCUT2D eigenvalue weighted by molar-refractivity contribution is 5.07. The first-order valence-electron chi connectivity index (χ1n) is 4.13. The Bertz CT molecular complexity index is 204. The maximum Gasteiger partial charge on any atom is 0.120 e. The van der Waals surface area contributed by atoms with Crippen LogP contribution in [0.3, 0.4) is 0 Å². The summed E-state index contributed by atoms with van der Waals surface area (Å²) in [6, 6.07) is 0. The van der Waals surface area contributed by atoms with Crippen LogP contribution < -0.4 is 0 Å². The Hall–Kier alpha value is -0.560. The molecule has 0 heterocycles. The molecule has 0 amide bonds. The van der Waals surface area contributed by atoms with E-state index in [1.54, 1.807) is 6.92 Å². The minimum absolute atomic E-state index is 0.285. The molecule has 4 atom stereocenters. The molecular weight excluding hydrogens is 156 g/mol. The van der Waals surface area contributed by atoms with E-state index in [2.05, 4.69) is 11.8 Å². The summed E-state index contributed by atoms with van der Waals surface area (Å²) in [5.74, 6) is 4.88. The summed E-state index contributed by atoms with van der Waals surface area (Å²) in [6.45, 7) is 1.64. The first-order valence-corrected chi connectivity index (χ1v) is 4.13. The van der Waals surface area contributed by atoms with Crippen molar-refractivity contribution >= 4 is 0 Å². The van der Waals surface area contributed by atoms with Gasteiger partial charge in [0.05, 0.1) is 12.2 Å². The zero-order chi connectivity index (χ0) is 9.14. The van der Waals surface area contributed by atoms with Crippen molar-refractivity contribution in [2.75, 3.05) is 0 Å². The molecule has 1 fully saturated rings. The van der Waals surface area contributed by atoms with Gasteiger partial charge in [-0.05, 0) is 19.8 Å². The van der Waals surface area contributed by atoms with Crippen LogP contribution in [0.1, 0.15) is 19.8 Å². The third-order valence-electron chi connectivity index (χ3n) is 2.33. The van der Waals surface area contributed by atoms with Crippen molar-refractivity contribution in [1.29, 1.82) is 0 Å². The van der Waals surface area contributed by atoms with Crippen molar-refractivity contribution in [2.24, 2.45) is 5.92 Å². The standard InChI is InChI=1S/C9H14O3/c1-2-3-7(10)6-4-5-8(11)9(6)12/h6-12H,4-5H2,1H3. The van der Waals surface area contributed by atoms with E-state index in [1.165, 1.54) is 0 Å². The third kappa shape index (κ3) is 1.78. The zero-order valence-electron chi connectivity index (χ0n) is 7.07. The molecule has 3 N–H and O–H groups in total. The van der Waals surface area contributed by atoms with E-state index in [0.717, 1.165) is 0 Å². The molecule has 4 unspecified atom stereocenters. The van der Waals surface area contributed by atoms with E-state index in [9.17, 15) is 15.3 Å². The Morgan fingerprint density at radius 3 is 2.42 bits per heavy atom. The normalized spacial score (nSPS) is 37.2. The predicted molar refractivity (Wildman–Crippen MR) is 44.2 cm³/mol. The Morgan fingerprint density at radius 2 is 2.00 bits per heavy atom. The van der Waals surface area contributed by atoms with Gasteiger partial charge in [-0.1, -0.05) is 5.92 Å². The van der Waals surface area contributed by atoms with Crippen molar-refractivity contribution in [3.05, 3.63) is 0 Å². The lowest BCUT2D eigenvalue weighted by molar-refractivity contribution is -0.00588. The van der Waals surface area contributed by atoms with Crippen LogP contribution in [0.5, 0.6) is 0 Å². The molecule has 0 aromatic heterocycles. The highest BCUT2D eigenvalue weighted by Crippen LogP contribution is 2.28. The topological polar surface area (TPSA) is 60.7 Å². The van der Waals surface area contributed by atoms with E-state index in [4.69, 9.17) is 0 Å². The lowest BCUT2D eigenvalue weighted by Crippen LogP contribution is -2.32. The van der Waals surface area contributed by atoms with Gasteiger partial charge in [0.25, 0.3) is 0 Å². The van der Waals surface area contributed by atoms with E-state index in [-0.39, 0.29) is 5.92 Å². The molecule has 0 spiro atoms. The summed E-state index contributed by atoms with van der Waals surface area (Å²) in [5.41, 5.74) is 0. The summed E-state index contributed by atoms with van der Waals surface area (Å²) in [4.78, 5) is 0. The number of aliphatic hydroxyl groups is 3. The molecule has 68 valence electrons. The molecule has 0 saturated heterocycles. The van der Waals surface area contributed by atoms with Crippen molar-refractivity contribution < 1.29 is 15.3 Å². The summed E-state index contributed by atoms with van der Waals surface area (Å²) in [6.07, 6.45) is -1.13. The maximum atomic E-state index is 9.39. The Labute approximate surface area is 72.0 Å². The second-order valence-corrected chi connectivity index (χ2v) is 3.14. The van der Waals surface area contributed by atoms with Gasteiger partial charge in [-0.15, -0.1) is 5.92 Å². The van der Waals surface area contributed by atoms with Crippen LogP contribution in [0.2, 0.25) is 0 Å². The molecule has 1 aliphatic rings. The molecule has 1 saturated carbocycles. The fraction of sp³-hybridized carbons (Fsp3) is 0.778. The average molecular weight is 170 g/mol. The van der Waals surface area contributed by atoms with Crippen molar-refractivity contribution in [3.8, 4) is 11.8 Å². The Balaban J connectivity index is 2.56. The third-order valence-corrected chi connectivity index (χ3v) is 2.33. The smallest absolute Gasteiger partial charge is 0.120 e. The van der Waals surface area contributed by atoms with Gasteiger partial charge in [0.1, 0.15) is 6.10 Å². The summed E-state index contributed by atoms with van der Waals surface area (Å²) >= 11 is 0. The van der Waals surface area contributed by atoms with Gasteiger partial charge in [-0.25, -0.2) is 0 Å². The minimum atomic E-state index is -0.819. The van der Waals surface area contributed by atoms with Crippen LogP contribution in [0.4, 0.5) is 0 Å². The first kappa shape index (κ1) is 9.53. The zero-order valence-corrected chi connectivity index (χ0v) is 7.07. The van der Waals surface area contributed by atoms with E-state index in [1.807, 2.05) is 0 Å². The molecule has 0 radical (unpaired) electrons. The molecule has 0 aromatic rings. The van der Waals surface area contributed by atoms with Crippen LogP contribution in [-0.4, -0.2) is 33.6 Å². The van der Waals surface area contributed by atoms with Crippen molar-refractivity contribution in [3.63, 3.8) is 0 Å². The van der Waals surface area contributed by atoms with Crippen LogP contribution in [-0.2, 0) is 0 Å². The fourth-order valence-electron chi connectivity index (χ4n) is 1.59. The largest absolute Gasteiger partial charge is 0.390 e. The van der Waals surface area contributed by atoms with Crippen LogP contribution >= 0.6 is 0 Å². The molecule has 1 rings (SSSR count). The fourth-order valence-corrected chi connectivity index (χ4v) is 1.59. The van der Waals surface area contributed by atoms with Crippen LogP contribution in [0.15, 0.2) is 0 Å². The summed E-state index contributed by atoms with van der Waals surface area (Å²) in [7, 11) is 0. The number of hydrogen-bond donors (Lipinski definition) is 3. The lowest BCUT2D eigenvalue weighted by Gasteiger charge is -2.17. The second-order valence-electron chi connectivity index (χ2n) is 3.14. The molecule has 3 nitrogen and oxygen atoms in total. The van der Waals surface area contributed by atoms with E-state index < -0.39 is 18.3 Å². The summed E-state index contributed by atoms with van der Waals surface area (Å²) in [5, 5.41) is 27.9. The quantitative estimate of drug-likeness (QED) is 0.465. The number of hydrogen-bond acceptors (Lipinski definition) is 3. The van der Waals surface area contributed by atoms with Crippen molar-refractivity contribution in [1.82, 2.24) is 0 Å². The summed E-state index contributed by atoms with van der Waals surface area (Å²) < 4.78 is 0. The van der Waals surface area contributed by atoms with Gasteiger partial charge in [0, 0.05) is 5.92 Å². The van der Waals surface area contributed by atoms with Gasteiger partial charge in [0.15, 0.2) is 0 Å². The molecule has 1 aliphatic carbocycles. The molecule has 0 aromatic carbocycles. The Kier molecular flexibility index (Phi) is 3.10. The van der Waals surface area contributed by atoms with Crippen LogP contribution in [0, 0.1) is 17.8 Å². The highest BCUT2D eigenvalue weighted by atomic mass is 16.3. The SMILES string of the molecule is CC#CC(O)C1CCC(O)C1O. The first-order chi connectivity index (χ1) is 5.66. The van der Waals surface area contributed by atoms with Crippen molar-refractivity contribution in [2.45, 2.75) is 38.1 Å². The van der Waals surface area contributed by atoms with E-state index in [0.29, 0.717) is 12.8 Å². The molecule has 0 bridgehead atoms. The number of rotatable bonds is 1. The minimum Gasteiger partial charge on any atom is -0.390 e. The second kappa shape index (κ2) is 3.90. The highest BCUT2D eigenvalue weighted by Gasteiger charge is 2.37. The van der Waals surface area contributed by atoms with E-state index >= 15 is 0 Å². The lowest BCUT2D eigenvalue weighted by atomic mass is 9.99. The van der Waals surface area contributed by atoms with Gasteiger partial charge >= 0.3 is 0 Å². The monoisotopic (exact) mass is 170 g/mol. The van der Waals surface area contributed by atoms with Gasteiger partial charge in [-0.3, -0.25) is 0 Å². The predicted octanol–water partition coefficient (Wildman–Crippen LogP) is -0.498. The molecule has 0 aliphatic heterocycles. The maximum absolute atomic E-state index is 9.39. The van der Waals surface area contributed by atoms with Gasteiger partial charge in [0.2, 0.25) is 0 Å². The molecule has 3 heteroatoms. The Morgan fingerprint density at radius 1 is 1.33 bits per heavy atom. The average Bonchev–Trinajstić information content (AvgIpc) is 2.34.